The molecule has 2 N–H and O–H groups in total. The van der Waals surface area contributed by atoms with Crippen LogP contribution in [-0.2, 0) is 4.79 Å². The number of hydrogen-bond acceptors (Lipinski definition) is 3. The highest BCUT2D eigenvalue weighted by molar-refractivity contribution is 9.10. The van der Waals surface area contributed by atoms with Gasteiger partial charge in [-0.3, -0.25) is 9.79 Å². The fourth-order valence-corrected chi connectivity index (χ4v) is 4.17. The number of halogens is 1. The van der Waals surface area contributed by atoms with Crippen LogP contribution >= 0.6 is 15.9 Å². The standard InChI is InChI=1S/C20H29BrN4O2/c1-22-20(23-10-12-27-18-8-4-7-16(21)13-18)24-17-9-11-25(14-17)19(26)15-5-2-3-6-15/h4,7-8,13,15,17H,2-3,5-6,9-12,14H2,1H3,(H2,22,23,24). The Hall–Kier alpha value is -1.76. The number of guanidine groups is 1. The zero-order chi connectivity index (χ0) is 19.1. The Bertz CT molecular complexity index is 661. The summed E-state index contributed by atoms with van der Waals surface area (Å²) in [6, 6.07) is 8.06. The van der Waals surface area contributed by atoms with Gasteiger partial charge in [0.05, 0.1) is 6.54 Å². The van der Waals surface area contributed by atoms with Crippen molar-refractivity contribution in [1.82, 2.24) is 15.5 Å². The Morgan fingerprint density at radius 3 is 2.89 bits per heavy atom. The smallest absolute Gasteiger partial charge is 0.225 e. The highest BCUT2D eigenvalue weighted by atomic mass is 79.9. The number of carbonyl (C=O) groups is 1. The second-order valence-electron chi connectivity index (χ2n) is 7.20. The number of aliphatic imine (C=N–C) groups is 1. The Morgan fingerprint density at radius 1 is 1.33 bits per heavy atom. The van der Waals surface area contributed by atoms with Crippen LogP contribution in [0.15, 0.2) is 33.7 Å². The van der Waals surface area contributed by atoms with Crippen molar-refractivity contribution in [3.8, 4) is 5.75 Å². The SMILES string of the molecule is CN=C(NCCOc1cccc(Br)c1)NC1CCN(C(=O)C2CCCC2)C1. The first-order valence-corrected chi connectivity index (χ1v) is 10.6. The van der Waals surface area contributed by atoms with Gasteiger partial charge < -0.3 is 20.3 Å². The molecule has 1 amide bonds. The number of ether oxygens (including phenoxy) is 1. The van der Waals surface area contributed by atoms with Gasteiger partial charge in [0.25, 0.3) is 0 Å². The Labute approximate surface area is 169 Å². The molecule has 1 atom stereocenters. The van der Waals surface area contributed by atoms with Crippen LogP contribution in [-0.4, -0.2) is 56.1 Å². The van der Waals surface area contributed by atoms with E-state index >= 15 is 0 Å². The largest absolute Gasteiger partial charge is 0.492 e. The number of carbonyl (C=O) groups excluding carboxylic acids is 1. The number of likely N-dealkylation sites (tertiary alicyclic amines) is 1. The van der Waals surface area contributed by atoms with Crippen molar-refractivity contribution in [2.45, 2.75) is 38.1 Å². The van der Waals surface area contributed by atoms with Gasteiger partial charge in [0.15, 0.2) is 5.96 Å². The molecule has 1 aromatic rings. The molecular weight excluding hydrogens is 408 g/mol. The summed E-state index contributed by atoms with van der Waals surface area (Å²) in [7, 11) is 1.76. The molecule has 0 spiro atoms. The molecule has 1 saturated carbocycles. The quantitative estimate of drug-likeness (QED) is 0.408. The van der Waals surface area contributed by atoms with Crippen LogP contribution in [0.1, 0.15) is 32.1 Å². The summed E-state index contributed by atoms with van der Waals surface area (Å²) in [6.45, 7) is 2.82. The fourth-order valence-electron chi connectivity index (χ4n) is 3.79. The Kier molecular flexibility index (Phi) is 7.38. The molecular formula is C20H29BrN4O2. The van der Waals surface area contributed by atoms with E-state index in [1.165, 1.54) is 12.8 Å². The van der Waals surface area contributed by atoms with E-state index in [4.69, 9.17) is 4.74 Å². The van der Waals surface area contributed by atoms with Crippen molar-refractivity contribution in [2.75, 3.05) is 33.3 Å². The van der Waals surface area contributed by atoms with Crippen LogP contribution in [0.5, 0.6) is 5.75 Å². The highest BCUT2D eigenvalue weighted by Crippen LogP contribution is 2.27. The zero-order valence-electron chi connectivity index (χ0n) is 15.9. The van der Waals surface area contributed by atoms with E-state index in [1.807, 2.05) is 29.2 Å². The van der Waals surface area contributed by atoms with Crippen molar-refractivity contribution >= 4 is 27.8 Å². The van der Waals surface area contributed by atoms with Gasteiger partial charge in [-0.1, -0.05) is 34.8 Å². The first-order chi connectivity index (χ1) is 13.2. The maximum absolute atomic E-state index is 12.6. The zero-order valence-corrected chi connectivity index (χ0v) is 17.5. The molecule has 1 heterocycles. The second kappa shape index (κ2) is 9.97. The minimum absolute atomic E-state index is 0.257. The summed E-state index contributed by atoms with van der Waals surface area (Å²) < 4.78 is 6.73. The van der Waals surface area contributed by atoms with E-state index < -0.39 is 0 Å². The van der Waals surface area contributed by atoms with Crippen LogP contribution in [0, 0.1) is 5.92 Å². The van der Waals surface area contributed by atoms with Crippen LogP contribution in [0.2, 0.25) is 0 Å². The lowest BCUT2D eigenvalue weighted by Crippen LogP contribution is -2.46. The van der Waals surface area contributed by atoms with Gasteiger partial charge in [-0.2, -0.15) is 0 Å². The molecule has 1 saturated heterocycles. The van der Waals surface area contributed by atoms with Gasteiger partial charge in [-0.15, -0.1) is 0 Å². The molecule has 1 unspecified atom stereocenters. The van der Waals surface area contributed by atoms with Gasteiger partial charge in [0.2, 0.25) is 5.91 Å². The summed E-state index contributed by atoms with van der Waals surface area (Å²) in [5.41, 5.74) is 0. The topological polar surface area (TPSA) is 66.0 Å². The Morgan fingerprint density at radius 2 is 2.15 bits per heavy atom. The van der Waals surface area contributed by atoms with Crippen molar-refractivity contribution in [2.24, 2.45) is 10.9 Å². The summed E-state index contributed by atoms with van der Waals surface area (Å²) >= 11 is 3.44. The second-order valence-corrected chi connectivity index (χ2v) is 8.12. The molecule has 3 rings (SSSR count). The van der Waals surface area contributed by atoms with E-state index in [2.05, 4.69) is 31.6 Å². The minimum Gasteiger partial charge on any atom is -0.492 e. The molecule has 2 aliphatic rings. The van der Waals surface area contributed by atoms with Crippen LogP contribution in [0.3, 0.4) is 0 Å². The maximum atomic E-state index is 12.6. The third-order valence-electron chi connectivity index (χ3n) is 5.23. The number of nitrogens with one attached hydrogen (secondary N) is 2. The van der Waals surface area contributed by atoms with Crippen molar-refractivity contribution in [1.29, 1.82) is 0 Å². The molecule has 2 fully saturated rings. The molecule has 0 bridgehead atoms. The summed E-state index contributed by atoms with van der Waals surface area (Å²) in [4.78, 5) is 18.9. The number of nitrogens with zero attached hydrogens (tertiary/aromatic N) is 2. The van der Waals surface area contributed by atoms with Crippen LogP contribution in [0.25, 0.3) is 0 Å². The van der Waals surface area contributed by atoms with Crippen LogP contribution in [0.4, 0.5) is 0 Å². The van der Waals surface area contributed by atoms with Gasteiger partial charge in [0.1, 0.15) is 12.4 Å². The predicted octanol–water partition coefficient (Wildman–Crippen LogP) is 2.78. The van der Waals surface area contributed by atoms with E-state index in [-0.39, 0.29) is 12.0 Å². The third-order valence-corrected chi connectivity index (χ3v) is 5.72. The molecule has 1 aromatic carbocycles. The van der Waals surface area contributed by atoms with Crippen LogP contribution < -0.4 is 15.4 Å². The predicted molar refractivity (Wildman–Crippen MR) is 111 cm³/mol. The van der Waals surface area contributed by atoms with E-state index in [0.29, 0.717) is 19.1 Å². The summed E-state index contributed by atoms with van der Waals surface area (Å²) in [6.07, 6.45) is 5.49. The number of benzene rings is 1. The molecule has 0 radical (unpaired) electrons. The molecule has 148 valence electrons. The average molecular weight is 437 g/mol. The number of amides is 1. The lowest BCUT2D eigenvalue weighted by atomic mass is 10.1. The van der Waals surface area contributed by atoms with Gasteiger partial charge in [-0.25, -0.2) is 0 Å². The monoisotopic (exact) mass is 436 g/mol. The van der Waals surface area contributed by atoms with Gasteiger partial charge in [0, 0.05) is 36.6 Å². The lowest BCUT2D eigenvalue weighted by Gasteiger charge is -2.21. The molecule has 0 aromatic heterocycles. The Balaban J connectivity index is 1.37. The van der Waals surface area contributed by atoms with Crippen molar-refractivity contribution in [3.05, 3.63) is 28.7 Å². The summed E-state index contributed by atoms with van der Waals surface area (Å²) in [5, 5.41) is 6.71. The molecule has 1 aliphatic carbocycles. The van der Waals surface area contributed by atoms with Gasteiger partial charge >= 0.3 is 0 Å². The number of rotatable bonds is 6. The molecule has 6 nitrogen and oxygen atoms in total. The first-order valence-electron chi connectivity index (χ1n) is 9.80. The number of hydrogen-bond donors (Lipinski definition) is 2. The molecule has 7 heteroatoms. The van der Waals surface area contributed by atoms with E-state index in [1.54, 1.807) is 7.05 Å². The molecule has 1 aliphatic heterocycles. The maximum Gasteiger partial charge on any atom is 0.225 e. The normalized spacial score (nSPS) is 20.7. The van der Waals surface area contributed by atoms with Gasteiger partial charge in [-0.05, 0) is 37.5 Å². The highest BCUT2D eigenvalue weighted by Gasteiger charge is 2.32. The van der Waals surface area contributed by atoms with E-state index in [9.17, 15) is 4.79 Å². The average Bonchev–Trinajstić information content (AvgIpc) is 3.36. The lowest BCUT2D eigenvalue weighted by molar-refractivity contribution is -0.134. The fraction of sp³-hybridized carbons (Fsp3) is 0.600. The minimum atomic E-state index is 0.257. The van der Waals surface area contributed by atoms with Crippen molar-refractivity contribution < 1.29 is 9.53 Å². The third kappa shape index (κ3) is 5.86. The van der Waals surface area contributed by atoms with E-state index in [0.717, 1.165) is 48.5 Å². The van der Waals surface area contributed by atoms with Crippen molar-refractivity contribution in [3.63, 3.8) is 0 Å². The first kappa shape index (κ1) is 20.0. The molecule has 27 heavy (non-hydrogen) atoms. The summed E-state index contributed by atoms with van der Waals surface area (Å²) in [5.74, 6) is 2.21.